The van der Waals surface area contributed by atoms with Crippen LogP contribution in [0.2, 0.25) is 0 Å². The van der Waals surface area contributed by atoms with E-state index in [0.717, 1.165) is 0 Å². The summed E-state index contributed by atoms with van der Waals surface area (Å²) in [5.41, 5.74) is 1.26. The van der Waals surface area contributed by atoms with E-state index in [9.17, 15) is 9.18 Å². The first-order chi connectivity index (χ1) is 9.10. The zero-order chi connectivity index (χ0) is 13.8. The zero-order valence-electron chi connectivity index (χ0n) is 10.3. The summed E-state index contributed by atoms with van der Waals surface area (Å²) in [7, 11) is 1.40. The molecule has 1 N–H and O–H groups in total. The number of benzene rings is 1. The molecule has 1 aromatic carbocycles. The van der Waals surface area contributed by atoms with E-state index in [1.165, 1.54) is 25.6 Å². The summed E-state index contributed by atoms with van der Waals surface area (Å²) in [5, 5.41) is 8.59. The van der Waals surface area contributed by atoms with Gasteiger partial charge in [-0.2, -0.15) is 0 Å². The SMILES string of the molecule is COc1ccc(-n2cnc(CCC(=O)O)c2)cc1F. The summed E-state index contributed by atoms with van der Waals surface area (Å²) in [4.78, 5) is 14.5. The number of aromatic nitrogens is 2. The van der Waals surface area contributed by atoms with E-state index >= 15 is 0 Å². The molecule has 5 nitrogen and oxygen atoms in total. The molecule has 0 aliphatic heterocycles. The lowest BCUT2D eigenvalue weighted by Gasteiger charge is -2.05. The number of methoxy groups -OCH3 is 1. The van der Waals surface area contributed by atoms with E-state index in [0.29, 0.717) is 17.8 Å². The number of carboxylic acids is 1. The monoisotopic (exact) mass is 264 g/mol. The first-order valence-corrected chi connectivity index (χ1v) is 5.68. The number of ether oxygens (including phenoxy) is 1. The molecule has 0 aliphatic carbocycles. The Morgan fingerprint density at radius 1 is 1.53 bits per heavy atom. The Kier molecular flexibility index (Phi) is 3.79. The second-order valence-corrected chi connectivity index (χ2v) is 3.98. The molecule has 0 aliphatic rings. The minimum absolute atomic E-state index is 0.0218. The van der Waals surface area contributed by atoms with Gasteiger partial charge in [0.05, 0.1) is 25.6 Å². The van der Waals surface area contributed by atoms with Crippen LogP contribution in [0.3, 0.4) is 0 Å². The van der Waals surface area contributed by atoms with Gasteiger partial charge in [-0.05, 0) is 12.1 Å². The number of halogens is 1. The van der Waals surface area contributed by atoms with Crippen molar-refractivity contribution in [2.45, 2.75) is 12.8 Å². The van der Waals surface area contributed by atoms with Crippen molar-refractivity contribution in [1.29, 1.82) is 0 Å². The summed E-state index contributed by atoms with van der Waals surface area (Å²) in [5.74, 6) is -1.15. The zero-order valence-corrected chi connectivity index (χ0v) is 10.3. The number of carboxylic acid groups (broad SMARTS) is 1. The first kappa shape index (κ1) is 13.1. The molecule has 2 rings (SSSR count). The average molecular weight is 264 g/mol. The van der Waals surface area contributed by atoms with Crippen molar-refractivity contribution in [3.05, 3.63) is 42.2 Å². The van der Waals surface area contributed by atoms with Gasteiger partial charge in [-0.15, -0.1) is 0 Å². The Hall–Kier alpha value is -2.37. The highest BCUT2D eigenvalue weighted by molar-refractivity contribution is 5.66. The summed E-state index contributed by atoms with van der Waals surface area (Å²) in [6.07, 6.45) is 3.58. The Bertz CT molecular complexity index is 595. The number of hydrogen-bond acceptors (Lipinski definition) is 3. The normalized spacial score (nSPS) is 10.4. The highest BCUT2D eigenvalue weighted by Gasteiger charge is 2.07. The second kappa shape index (κ2) is 5.51. The van der Waals surface area contributed by atoms with Crippen molar-refractivity contribution in [1.82, 2.24) is 9.55 Å². The third kappa shape index (κ3) is 3.09. The molecule has 2 aromatic rings. The van der Waals surface area contributed by atoms with E-state index < -0.39 is 11.8 Å². The molecule has 0 saturated heterocycles. The van der Waals surface area contributed by atoms with Crippen LogP contribution in [0.25, 0.3) is 5.69 Å². The van der Waals surface area contributed by atoms with Crippen molar-refractivity contribution in [2.75, 3.05) is 7.11 Å². The Balaban J connectivity index is 2.18. The number of carbonyl (C=O) groups is 1. The van der Waals surface area contributed by atoms with Crippen molar-refractivity contribution < 1.29 is 19.0 Å². The quantitative estimate of drug-likeness (QED) is 0.897. The molecule has 0 radical (unpaired) electrons. The minimum atomic E-state index is -0.870. The van der Waals surface area contributed by atoms with Crippen molar-refractivity contribution in [2.24, 2.45) is 0 Å². The number of nitrogens with zero attached hydrogens (tertiary/aromatic N) is 2. The van der Waals surface area contributed by atoms with E-state index in [2.05, 4.69) is 4.98 Å². The maximum atomic E-state index is 13.6. The van der Waals surface area contributed by atoms with Crippen molar-refractivity contribution in [3.8, 4) is 11.4 Å². The minimum Gasteiger partial charge on any atom is -0.494 e. The van der Waals surface area contributed by atoms with Crippen LogP contribution in [0.1, 0.15) is 12.1 Å². The van der Waals surface area contributed by atoms with E-state index in [1.54, 1.807) is 16.8 Å². The van der Waals surface area contributed by atoms with Gasteiger partial charge in [-0.25, -0.2) is 9.37 Å². The van der Waals surface area contributed by atoms with Crippen molar-refractivity contribution in [3.63, 3.8) is 0 Å². The molecule has 0 saturated carbocycles. The average Bonchev–Trinajstić information content (AvgIpc) is 2.85. The Morgan fingerprint density at radius 3 is 2.95 bits per heavy atom. The summed E-state index contributed by atoms with van der Waals surface area (Å²) in [6.45, 7) is 0. The molecule has 19 heavy (non-hydrogen) atoms. The van der Waals surface area contributed by atoms with Gasteiger partial charge in [0.1, 0.15) is 0 Å². The van der Waals surface area contributed by atoms with Gasteiger partial charge in [-0.1, -0.05) is 0 Å². The molecule has 0 fully saturated rings. The van der Waals surface area contributed by atoms with Crippen LogP contribution in [0.15, 0.2) is 30.7 Å². The molecule has 0 amide bonds. The molecule has 0 atom stereocenters. The first-order valence-electron chi connectivity index (χ1n) is 5.68. The molecular formula is C13H13FN2O3. The molecule has 100 valence electrons. The lowest BCUT2D eigenvalue weighted by atomic mass is 10.2. The van der Waals surface area contributed by atoms with E-state index in [4.69, 9.17) is 9.84 Å². The molecule has 0 bridgehead atoms. The molecule has 0 unspecified atom stereocenters. The fourth-order valence-corrected chi connectivity index (χ4v) is 1.68. The van der Waals surface area contributed by atoms with Gasteiger partial charge in [0.25, 0.3) is 0 Å². The standard InChI is InChI=1S/C13H13FN2O3/c1-19-12-4-3-10(6-11(12)14)16-7-9(15-8-16)2-5-13(17)18/h3-4,6-8H,2,5H2,1H3,(H,17,18). The molecule has 6 heteroatoms. The summed E-state index contributed by atoms with van der Waals surface area (Å²) in [6, 6.07) is 4.56. The number of hydrogen-bond donors (Lipinski definition) is 1. The molecule has 1 aromatic heterocycles. The highest BCUT2D eigenvalue weighted by atomic mass is 19.1. The largest absolute Gasteiger partial charge is 0.494 e. The third-order valence-corrected chi connectivity index (χ3v) is 2.66. The van der Waals surface area contributed by atoms with Crippen LogP contribution in [-0.4, -0.2) is 27.7 Å². The van der Waals surface area contributed by atoms with E-state index in [-0.39, 0.29) is 12.2 Å². The number of aryl methyl sites for hydroxylation is 1. The summed E-state index contributed by atoms with van der Waals surface area (Å²) >= 11 is 0. The van der Waals surface area contributed by atoms with Gasteiger partial charge < -0.3 is 14.4 Å². The predicted molar refractivity (Wildman–Crippen MR) is 66.0 cm³/mol. The van der Waals surface area contributed by atoms with Crippen molar-refractivity contribution >= 4 is 5.97 Å². The van der Waals surface area contributed by atoms with Crippen LogP contribution in [0, 0.1) is 5.82 Å². The second-order valence-electron chi connectivity index (χ2n) is 3.98. The predicted octanol–water partition coefficient (Wildman–Crippen LogP) is 2.04. The lowest BCUT2D eigenvalue weighted by molar-refractivity contribution is -0.136. The van der Waals surface area contributed by atoms with Gasteiger partial charge in [0.15, 0.2) is 11.6 Å². The van der Waals surface area contributed by atoms with Gasteiger partial charge in [0.2, 0.25) is 0 Å². The van der Waals surface area contributed by atoms with Gasteiger partial charge >= 0.3 is 5.97 Å². The van der Waals surface area contributed by atoms with E-state index in [1.807, 2.05) is 0 Å². The number of rotatable bonds is 5. The maximum absolute atomic E-state index is 13.6. The van der Waals surface area contributed by atoms with Crippen LogP contribution >= 0.6 is 0 Å². The van der Waals surface area contributed by atoms with Crippen LogP contribution in [0.5, 0.6) is 5.75 Å². The number of aliphatic carboxylic acids is 1. The van der Waals surface area contributed by atoms with Crippen LogP contribution in [-0.2, 0) is 11.2 Å². The third-order valence-electron chi connectivity index (χ3n) is 2.66. The fourth-order valence-electron chi connectivity index (χ4n) is 1.68. The van der Waals surface area contributed by atoms with Crippen LogP contribution < -0.4 is 4.74 Å². The number of imidazole rings is 1. The molecular weight excluding hydrogens is 251 g/mol. The Labute approximate surface area is 109 Å². The maximum Gasteiger partial charge on any atom is 0.303 e. The summed E-state index contributed by atoms with van der Waals surface area (Å²) < 4.78 is 20.0. The highest BCUT2D eigenvalue weighted by Crippen LogP contribution is 2.20. The van der Waals surface area contributed by atoms with Gasteiger partial charge in [0, 0.05) is 24.4 Å². The molecule has 1 heterocycles. The van der Waals surface area contributed by atoms with Crippen LogP contribution in [0.4, 0.5) is 4.39 Å². The molecule has 0 spiro atoms. The lowest BCUT2D eigenvalue weighted by Crippen LogP contribution is -1.97. The fraction of sp³-hybridized carbons (Fsp3) is 0.231. The van der Waals surface area contributed by atoms with Gasteiger partial charge in [-0.3, -0.25) is 4.79 Å². The smallest absolute Gasteiger partial charge is 0.303 e. The Morgan fingerprint density at radius 2 is 2.32 bits per heavy atom. The topological polar surface area (TPSA) is 64.4 Å².